The highest BCUT2D eigenvalue weighted by Crippen LogP contribution is 2.20. The molecule has 0 aliphatic rings. The fourth-order valence-electron chi connectivity index (χ4n) is 3.04. The summed E-state index contributed by atoms with van der Waals surface area (Å²) in [7, 11) is 0. The Labute approximate surface area is 187 Å². The molecule has 2 rings (SSSR count). The van der Waals surface area contributed by atoms with Gasteiger partial charge in [-0.3, -0.25) is 0 Å². The van der Waals surface area contributed by atoms with E-state index in [1.165, 1.54) is 12.8 Å². The van der Waals surface area contributed by atoms with Crippen molar-refractivity contribution in [3.63, 3.8) is 0 Å². The van der Waals surface area contributed by atoms with E-state index in [4.69, 9.17) is 14.2 Å². The topological polar surface area (TPSA) is 44.8 Å². The lowest BCUT2D eigenvalue weighted by Gasteiger charge is -2.10. The molecule has 1 atom stereocenters. The SMILES string of the molecule is C=CCCCCCOc1ccc(OC(=O)c2ccc(OCCCC(C)CC)cc2)cc1. The van der Waals surface area contributed by atoms with E-state index in [0.717, 1.165) is 49.5 Å². The number of benzene rings is 2. The largest absolute Gasteiger partial charge is 0.494 e. The summed E-state index contributed by atoms with van der Waals surface area (Å²) in [6.07, 6.45) is 9.68. The zero-order valence-electron chi connectivity index (χ0n) is 19.0. The van der Waals surface area contributed by atoms with Crippen LogP contribution in [0, 0.1) is 5.92 Å². The Kier molecular flexibility index (Phi) is 11.3. The number of rotatable bonds is 15. The summed E-state index contributed by atoms with van der Waals surface area (Å²) in [6, 6.07) is 14.2. The van der Waals surface area contributed by atoms with Crippen molar-refractivity contribution in [1.82, 2.24) is 0 Å². The lowest BCUT2D eigenvalue weighted by Crippen LogP contribution is -2.08. The van der Waals surface area contributed by atoms with Gasteiger partial charge in [-0.2, -0.15) is 0 Å². The lowest BCUT2D eigenvalue weighted by atomic mass is 10.0. The third-order valence-corrected chi connectivity index (χ3v) is 5.25. The van der Waals surface area contributed by atoms with Gasteiger partial charge in [-0.05, 0) is 93.0 Å². The van der Waals surface area contributed by atoms with Gasteiger partial charge >= 0.3 is 5.97 Å². The van der Waals surface area contributed by atoms with Crippen LogP contribution in [0.15, 0.2) is 61.2 Å². The first-order valence-corrected chi connectivity index (χ1v) is 11.4. The molecule has 0 saturated carbocycles. The van der Waals surface area contributed by atoms with Crippen molar-refractivity contribution in [2.24, 2.45) is 5.92 Å². The van der Waals surface area contributed by atoms with Crippen LogP contribution in [-0.4, -0.2) is 19.2 Å². The van der Waals surface area contributed by atoms with Crippen LogP contribution in [0.25, 0.3) is 0 Å². The molecule has 0 aromatic heterocycles. The van der Waals surface area contributed by atoms with Crippen molar-refractivity contribution in [3.8, 4) is 17.2 Å². The lowest BCUT2D eigenvalue weighted by molar-refractivity contribution is 0.0734. The second kappa shape index (κ2) is 14.3. The number of allylic oxidation sites excluding steroid dienone is 1. The molecule has 0 fully saturated rings. The Morgan fingerprint density at radius 1 is 0.871 bits per heavy atom. The number of esters is 1. The van der Waals surface area contributed by atoms with Gasteiger partial charge in [0, 0.05) is 0 Å². The minimum atomic E-state index is -0.390. The third kappa shape index (κ3) is 9.73. The van der Waals surface area contributed by atoms with Gasteiger partial charge in [-0.1, -0.05) is 26.3 Å². The van der Waals surface area contributed by atoms with Crippen molar-refractivity contribution >= 4 is 5.97 Å². The molecule has 0 bridgehead atoms. The number of ether oxygens (including phenoxy) is 3. The minimum absolute atomic E-state index is 0.390. The molecule has 4 nitrogen and oxygen atoms in total. The molecule has 2 aromatic rings. The summed E-state index contributed by atoms with van der Waals surface area (Å²) in [5.74, 6) is 2.38. The molecule has 2 aromatic carbocycles. The minimum Gasteiger partial charge on any atom is -0.494 e. The Balaban J connectivity index is 1.72. The predicted octanol–water partition coefficient (Wildman–Crippen LogP) is 7.24. The summed E-state index contributed by atoms with van der Waals surface area (Å²) in [6.45, 7) is 9.57. The van der Waals surface area contributed by atoms with E-state index in [1.807, 2.05) is 30.3 Å². The monoisotopic (exact) mass is 424 g/mol. The highest BCUT2D eigenvalue weighted by molar-refractivity contribution is 5.91. The Hall–Kier alpha value is -2.75. The van der Waals surface area contributed by atoms with Gasteiger partial charge in [0.25, 0.3) is 0 Å². The van der Waals surface area contributed by atoms with Gasteiger partial charge in [0.05, 0.1) is 18.8 Å². The van der Waals surface area contributed by atoms with Crippen molar-refractivity contribution in [2.45, 2.75) is 58.8 Å². The Bertz CT molecular complexity index is 765. The molecule has 31 heavy (non-hydrogen) atoms. The third-order valence-electron chi connectivity index (χ3n) is 5.25. The smallest absolute Gasteiger partial charge is 0.343 e. The van der Waals surface area contributed by atoms with Crippen LogP contribution in [-0.2, 0) is 0 Å². The molecule has 0 spiro atoms. The van der Waals surface area contributed by atoms with E-state index >= 15 is 0 Å². The van der Waals surface area contributed by atoms with Crippen LogP contribution in [0.3, 0.4) is 0 Å². The van der Waals surface area contributed by atoms with Gasteiger partial charge in [0.1, 0.15) is 17.2 Å². The van der Waals surface area contributed by atoms with Crippen LogP contribution in [0.5, 0.6) is 17.2 Å². The summed E-state index contributed by atoms with van der Waals surface area (Å²) < 4.78 is 16.9. The molecular formula is C27H36O4. The molecule has 0 amide bonds. The zero-order chi connectivity index (χ0) is 22.3. The fourth-order valence-corrected chi connectivity index (χ4v) is 3.04. The average Bonchev–Trinajstić information content (AvgIpc) is 2.80. The van der Waals surface area contributed by atoms with Gasteiger partial charge in [-0.25, -0.2) is 4.79 Å². The molecule has 0 heterocycles. The quantitative estimate of drug-likeness (QED) is 0.131. The number of hydrogen-bond acceptors (Lipinski definition) is 4. The van der Waals surface area contributed by atoms with Crippen LogP contribution in [0.4, 0.5) is 0 Å². The molecule has 0 aliphatic heterocycles. The van der Waals surface area contributed by atoms with Gasteiger partial charge in [0.2, 0.25) is 0 Å². The maximum atomic E-state index is 12.4. The van der Waals surface area contributed by atoms with Crippen LogP contribution in [0.1, 0.15) is 69.2 Å². The summed E-state index contributed by atoms with van der Waals surface area (Å²) >= 11 is 0. The number of unbranched alkanes of at least 4 members (excludes halogenated alkanes) is 3. The number of hydrogen-bond donors (Lipinski definition) is 0. The summed E-state index contributed by atoms with van der Waals surface area (Å²) in [4.78, 5) is 12.4. The van der Waals surface area contributed by atoms with Crippen LogP contribution in [0.2, 0.25) is 0 Å². The fraction of sp³-hybridized carbons (Fsp3) is 0.444. The van der Waals surface area contributed by atoms with Crippen LogP contribution < -0.4 is 14.2 Å². The first kappa shape index (κ1) is 24.5. The van der Waals surface area contributed by atoms with E-state index < -0.39 is 0 Å². The Morgan fingerprint density at radius 3 is 2.06 bits per heavy atom. The van der Waals surface area contributed by atoms with Crippen molar-refractivity contribution in [2.75, 3.05) is 13.2 Å². The number of carbonyl (C=O) groups excluding carboxylic acids is 1. The predicted molar refractivity (Wildman–Crippen MR) is 126 cm³/mol. The summed E-state index contributed by atoms with van der Waals surface area (Å²) in [5.41, 5.74) is 0.492. The van der Waals surface area contributed by atoms with Gasteiger partial charge in [0.15, 0.2) is 0 Å². The van der Waals surface area contributed by atoms with Crippen molar-refractivity contribution < 1.29 is 19.0 Å². The maximum Gasteiger partial charge on any atom is 0.343 e. The van der Waals surface area contributed by atoms with E-state index in [-0.39, 0.29) is 5.97 Å². The number of carbonyl (C=O) groups is 1. The van der Waals surface area contributed by atoms with E-state index in [2.05, 4.69) is 20.4 Å². The van der Waals surface area contributed by atoms with E-state index in [0.29, 0.717) is 24.5 Å². The molecule has 0 saturated heterocycles. The standard InChI is InChI=1S/C27H36O4/c1-4-6-7-8-9-20-29-25-16-18-26(19-17-25)31-27(28)23-12-14-24(15-13-23)30-21-10-11-22(3)5-2/h4,12-19,22H,1,5-11,20-21H2,2-3H3. The maximum absolute atomic E-state index is 12.4. The van der Waals surface area contributed by atoms with E-state index in [1.54, 1.807) is 24.3 Å². The van der Waals surface area contributed by atoms with E-state index in [9.17, 15) is 4.79 Å². The highest BCUT2D eigenvalue weighted by atomic mass is 16.5. The molecule has 0 aliphatic carbocycles. The highest BCUT2D eigenvalue weighted by Gasteiger charge is 2.09. The van der Waals surface area contributed by atoms with Gasteiger partial charge in [-0.15, -0.1) is 6.58 Å². The molecule has 1 unspecified atom stereocenters. The first-order valence-electron chi connectivity index (χ1n) is 11.4. The molecule has 168 valence electrons. The van der Waals surface area contributed by atoms with Crippen molar-refractivity contribution in [1.29, 1.82) is 0 Å². The molecular weight excluding hydrogens is 388 g/mol. The molecule has 0 radical (unpaired) electrons. The Morgan fingerprint density at radius 2 is 1.45 bits per heavy atom. The van der Waals surface area contributed by atoms with Crippen molar-refractivity contribution in [3.05, 3.63) is 66.7 Å². The molecule has 4 heteroatoms. The second-order valence-electron chi connectivity index (χ2n) is 7.88. The van der Waals surface area contributed by atoms with Crippen LogP contribution >= 0.6 is 0 Å². The van der Waals surface area contributed by atoms with Gasteiger partial charge < -0.3 is 14.2 Å². The normalized spacial score (nSPS) is 11.5. The average molecular weight is 425 g/mol. The molecule has 0 N–H and O–H groups in total. The zero-order valence-corrected chi connectivity index (χ0v) is 19.0. The first-order chi connectivity index (χ1) is 15.1. The summed E-state index contributed by atoms with van der Waals surface area (Å²) in [5, 5.41) is 0. The second-order valence-corrected chi connectivity index (χ2v) is 7.88.